The van der Waals surface area contributed by atoms with Gasteiger partial charge in [-0.2, -0.15) is 4.98 Å². The average molecular weight is 282 g/mol. The summed E-state index contributed by atoms with van der Waals surface area (Å²) in [6, 6.07) is 11.7. The van der Waals surface area contributed by atoms with Crippen LogP contribution in [0.1, 0.15) is 18.2 Å². The molecule has 1 saturated heterocycles. The highest BCUT2D eigenvalue weighted by atomic mass is 16.5. The van der Waals surface area contributed by atoms with Crippen molar-refractivity contribution < 1.29 is 13.7 Å². The second kappa shape index (κ2) is 5.18. The standard InChI is InChI=1S/C16H14N2O3/c1-3-11(14-5-2-7-20-14)9-12(4-1)16-17-15(18-21-16)13-6-8-19-10-13/h1-5,7,9,13H,6,8,10H2/t13-/m1/s1. The highest BCUT2D eigenvalue weighted by Gasteiger charge is 2.23. The van der Waals surface area contributed by atoms with Gasteiger partial charge in [0.15, 0.2) is 5.82 Å². The molecule has 0 aliphatic carbocycles. The van der Waals surface area contributed by atoms with Gasteiger partial charge in [0, 0.05) is 23.7 Å². The molecule has 106 valence electrons. The Labute approximate surface area is 121 Å². The summed E-state index contributed by atoms with van der Waals surface area (Å²) in [7, 11) is 0. The van der Waals surface area contributed by atoms with Crippen LogP contribution in [0.3, 0.4) is 0 Å². The van der Waals surface area contributed by atoms with E-state index in [2.05, 4.69) is 10.1 Å². The first-order valence-corrected chi connectivity index (χ1v) is 6.96. The van der Waals surface area contributed by atoms with Crippen LogP contribution in [0.4, 0.5) is 0 Å². The monoisotopic (exact) mass is 282 g/mol. The van der Waals surface area contributed by atoms with Crippen LogP contribution in [0.25, 0.3) is 22.8 Å². The topological polar surface area (TPSA) is 61.3 Å². The Morgan fingerprint density at radius 3 is 2.86 bits per heavy atom. The van der Waals surface area contributed by atoms with Gasteiger partial charge in [-0.1, -0.05) is 17.3 Å². The Morgan fingerprint density at radius 2 is 2.05 bits per heavy atom. The van der Waals surface area contributed by atoms with Crippen LogP contribution in [0.2, 0.25) is 0 Å². The highest BCUT2D eigenvalue weighted by Crippen LogP contribution is 2.28. The van der Waals surface area contributed by atoms with Gasteiger partial charge in [-0.05, 0) is 30.7 Å². The molecule has 3 heterocycles. The number of furan rings is 1. The molecule has 1 aliphatic heterocycles. The molecule has 0 N–H and O–H groups in total. The Bertz CT molecular complexity index is 728. The number of ether oxygens (including phenoxy) is 1. The van der Waals surface area contributed by atoms with E-state index in [4.69, 9.17) is 13.7 Å². The lowest BCUT2D eigenvalue weighted by atomic mass is 10.1. The summed E-state index contributed by atoms with van der Waals surface area (Å²) in [5, 5.41) is 4.08. The van der Waals surface area contributed by atoms with Crippen molar-refractivity contribution in [3.8, 4) is 22.8 Å². The second-order valence-corrected chi connectivity index (χ2v) is 5.08. The van der Waals surface area contributed by atoms with Gasteiger partial charge < -0.3 is 13.7 Å². The summed E-state index contributed by atoms with van der Waals surface area (Å²) in [5.41, 5.74) is 1.88. The van der Waals surface area contributed by atoms with Gasteiger partial charge in [-0.3, -0.25) is 0 Å². The van der Waals surface area contributed by atoms with E-state index in [1.54, 1.807) is 6.26 Å². The molecule has 0 saturated carbocycles. The summed E-state index contributed by atoms with van der Waals surface area (Å²) in [6.07, 6.45) is 2.61. The number of aromatic nitrogens is 2. The summed E-state index contributed by atoms with van der Waals surface area (Å²) >= 11 is 0. The maximum absolute atomic E-state index is 5.41. The second-order valence-electron chi connectivity index (χ2n) is 5.08. The zero-order valence-electron chi connectivity index (χ0n) is 11.4. The van der Waals surface area contributed by atoms with E-state index >= 15 is 0 Å². The van der Waals surface area contributed by atoms with E-state index in [9.17, 15) is 0 Å². The predicted molar refractivity (Wildman–Crippen MR) is 75.6 cm³/mol. The van der Waals surface area contributed by atoms with E-state index in [0.717, 1.165) is 35.7 Å². The van der Waals surface area contributed by atoms with E-state index < -0.39 is 0 Å². The molecular formula is C16H14N2O3. The molecular weight excluding hydrogens is 268 g/mol. The predicted octanol–water partition coefficient (Wildman–Crippen LogP) is 3.50. The van der Waals surface area contributed by atoms with Gasteiger partial charge >= 0.3 is 0 Å². The molecule has 0 spiro atoms. The van der Waals surface area contributed by atoms with Crippen molar-refractivity contribution in [3.05, 3.63) is 48.5 Å². The van der Waals surface area contributed by atoms with Crippen molar-refractivity contribution in [2.45, 2.75) is 12.3 Å². The van der Waals surface area contributed by atoms with Gasteiger partial charge in [-0.15, -0.1) is 0 Å². The van der Waals surface area contributed by atoms with Gasteiger partial charge in [0.25, 0.3) is 5.89 Å². The van der Waals surface area contributed by atoms with Crippen molar-refractivity contribution in [1.82, 2.24) is 10.1 Å². The van der Waals surface area contributed by atoms with Gasteiger partial charge in [0.05, 0.1) is 12.9 Å². The quantitative estimate of drug-likeness (QED) is 0.735. The number of nitrogens with zero attached hydrogens (tertiary/aromatic N) is 2. The van der Waals surface area contributed by atoms with Gasteiger partial charge in [0.2, 0.25) is 0 Å². The smallest absolute Gasteiger partial charge is 0.257 e. The largest absolute Gasteiger partial charge is 0.464 e. The molecule has 0 bridgehead atoms. The van der Waals surface area contributed by atoms with Gasteiger partial charge in [-0.25, -0.2) is 0 Å². The lowest BCUT2D eigenvalue weighted by Gasteiger charge is -1.99. The first-order chi connectivity index (χ1) is 10.4. The fourth-order valence-corrected chi connectivity index (χ4v) is 2.50. The van der Waals surface area contributed by atoms with Crippen LogP contribution < -0.4 is 0 Å². The minimum atomic E-state index is 0.246. The maximum Gasteiger partial charge on any atom is 0.257 e. The van der Waals surface area contributed by atoms with Crippen LogP contribution in [-0.2, 0) is 4.74 Å². The molecule has 4 rings (SSSR count). The van der Waals surface area contributed by atoms with Crippen molar-refractivity contribution in [1.29, 1.82) is 0 Å². The zero-order valence-corrected chi connectivity index (χ0v) is 11.4. The summed E-state index contributed by atoms with van der Waals surface area (Å²) in [4.78, 5) is 4.50. The Balaban J connectivity index is 1.65. The summed E-state index contributed by atoms with van der Waals surface area (Å²) in [5.74, 6) is 2.33. The molecule has 5 nitrogen and oxygen atoms in total. The molecule has 1 aromatic carbocycles. The molecule has 0 unspecified atom stereocenters. The van der Waals surface area contributed by atoms with E-state index in [-0.39, 0.29) is 5.92 Å². The summed E-state index contributed by atoms with van der Waals surface area (Å²) in [6.45, 7) is 1.44. The average Bonchev–Trinajstić information content (AvgIpc) is 3.26. The van der Waals surface area contributed by atoms with Crippen LogP contribution in [0.15, 0.2) is 51.6 Å². The molecule has 0 amide bonds. The molecule has 1 atom stereocenters. The zero-order chi connectivity index (χ0) is 14.1. The Kier molecular flexibility index (Phi) is 3.05. The first kappa shape index (κ1) is 12.3. The minimum Gasteiger partial charge on any atom is -0.464 e. The fourth-order valence-electron chi connectivity index (χ4n) is 2.50. The lowest BCUT2D eigenvalue weighted by Crippen LogP contribution is -1.99. The fraction of sp³-hybridized carbons (Fsp3) is 0.250. The Hall–Kier alpha value is -2.40. The lowest BCUT2D eigenvalue weighted by molar-refractivity contribution is 0.192. The number of hydrogen-bond donors (Lipinski definition) is 0. The van der Waals surface area contributed by atoms with E-state index in [0.29, 0.717) is 12.5 Å². The third kappa shape index (κ3) is 2.36. The third-order valence-corrected chi connectivity index (χ3v) is 3.65. The normalized spacial score (nSPS) is 18.2. The van der Waals surface area contributed by atoms with E-state index in [1.165, 1.54) is 0 Å². The van der Waals surface area contributed by atoms with Crippen molar-refractivity contribution in [2.24, 2.45) is 0 Å². The molecule has 21 heavy (non-hydrogen) atoms. The maximum atomic E-state index is 5.41. The minimum absolute atomic E-state index is 0.246. The SMILES string of the molecule is c1cc(-c2ccco2)cc(-c2nc([C@@H]3CCOC3)no2)c1. The van der Waals surface area contributed by atoms with Crippen LogP contribution in [0.5, 0.6) is 0 Å². The van der Waals surface area contributed by atoms with Crippen LogP contribution in [0, 0.1) is 0 Å². The number of rotatable bonds is 3. The number of benzene rings is 1. The van der Waals surface area contributed by atoms with Crippen molar-refractivity contribution in [3.63, 3.8) is 0 Å². The molecule has 5 heteroatoms. The molecule has 1 fully saturated rings. The van der Waals surface area contributed by atoms with Crippen molar-refractivity contribution in [2.75, 3.05) is 13.2 Å². The molecule has 1 aliphatic rings. The third-order valence-electron chi connectivity index (χ3n) is 3.65. The van der Waals surface area contributed by atoms with Crippen LogP contribution >= 0.6 is 0 Å². The van der Waals surface area contributed by atoms with E-state index in [1.807, 2.05) is 36.4 Å². The molecule has 0 radical (unpaired) electrons. The first-order valence-electron chi connectivity index (χ1n) is 6.96. The molecule has 3 aromatic rings. The highest BCUT2D eigenvalue weighted by molar-refractivity contribution is 5.66. The Morgan fingerprint density at radius 1 is 1.10 bits per heavy atom. The van der Waals surface area contributed by atoms with Crippen LogP contribution in [-0.4, -0.2) is 23.4 Å². The van der Waals surface area contributed by atoms with Gasteiger partial charge in [0.1, 0.15) is 5.76 Å². The number of hydrogen-bond acceptors (Lipinski definition) is 5. The summed E-state index contributed by atoms with van der Waals surface area (Å²) < 4.78 is 16.2. The molecule has 2 aromatic heterocycles. The van der Waals surface area contributed by atoms with Crippen molar-refractivity contribution >= 4 is 0 Å².